The number of amides is 2. The smallest absolute Gasteiger partial charge is 0.410 e. The topological polar surface area (TPSA) is 114 Å². The first-order chi connectivity index (χ1) is 17.5. The van der Waals surface area contributed by atoms with Crippen molar-refractivity contribution in [2.45, 2.75) is 65.8 Å². The zero-order chi connectivity index (χ0) is 26.7. The van der Waals surface area contributed by atoms with E-state index in [1.54, 1.807) is 4.90 Å². The number of carbonyl (C=O) groups excluding carboxylic acids is 1. The van der Waals surface area contributed by atoms with Crippen LogP contribution in [0.15, 0.2) is 48.5 Å². The largest absolute Gasteiger partial charge is 0.465 e. The van der Waals surface area contributed by atoms with Gasteiger partial charge in [0.15, 0.2) is 0 Å². The molecule has 1 aromatic heterocycles. The quantitative estimate of drug-likeness (QED) is 0.455. The van der Waals surface area contributed by atoms with Crippen molar-refractivity contribution in [1.82, 2.24) is 19.4 Å². The second-order valence-electron chi connectivity index (χ2n) is 10.9. The van der Waals surface area contributed by atoms with Crippen molar-refractivity contribution in [2.75, 3.05) is 18.8 Å². The Morgan fingerprint density at radius 3 is 2.59 bits per heavy atom. The summed E-state index contributed by atoms with van der Waals surface area (Å²) in [6.07, 6.45) is 0.333. The Morgan fingerprint density at radius 2 is 1.92 bits per heavy atom. The molecule has 1 unspecified atom stereocenters. The van der Waals surface area contributed by atoms with Crippen LogP contribution in [-0.2, 0) is 17.9 Å². The van der Waals surface area contributed by atoms with E-state index >= 15 is 0 Å². The highest BCUT2D eigenvalue weighted by Crippen LogP contribution is 2.31. The van der Waals surface area contributed by atoms with Crippen molar-refractivity contribution in [2.24, 2.45) is 5.41 Å². The van der Waals surface area contributed by atoms with Crippen molar-refractivity contribution in [3.05, 3.63) is 59.7 Å². The van der Waals surface area contributed by atoms with Gasteiger partial charge in [0, 0.05) is 25.7 Å². The number of benzene rings is 2. The van der Waals surface area contributed by atoms with E-state index in [1.807, 2.05) is 60.0 Å². The molecular weight excluding hydrogens is 470 g/mol. The molecule has 3 N–H and O–H groups in total. The molecular formula is C28H37N5O4. The molecule has 2 aromatic carbocycles. The van der Waals surface area contributed by atoms with Gasteiger partial charge < -0.3 is 29.9 Å². The molecule has 198 valence electrons. The molecule has 1 fully saturated rings. The van der Waals surface area contributed by atoms with E-state index in [-0.39, 0.29) is 30.2 Å². The van der Waals surface area contributed by atoms with Gasteiger partial charge in [-0.2, -0.15) is 0 Å². The van der Waals surface area contributed by atoms with Crippen LogP contribution in [0.3, 0.4) is 0 Å². The number of nitrogen functional groups attached to an aromatic ring is 1. The number of hydrogen-bond donors (Lipinski definition) is 2. The van der Waals surface area contributed by atoms with E-state index in [9.17, 15) is 14.7 Å². The van der Waals surface area contributed by atoms with Crippen LogP contribution in [0.2, 0.25) is 0 Å². The molecule has 1 saturated heterocycles. The Labute approximate surface area is 217 Å². The van der Waals surface area contributed by atoms with Crippen LogP contribution < -0.4 is 5.73 Å². The van der Waals surface area contributed by atoms with Gasteiger partial charge in [-0.1, -0.05) is 57.2 Å². The molecule has 1 aliphatic heterocycles. The Bertz CT molecular complexity index is 1250. The molecule has 2 heterocycles. The molecule has 4 rings (SSSR count). The van der Waals surface area contributed by atoms with E-state index in [0.717, 1.165) is 35.0 Å². The third-order valence-electron chi connectivity index (χ3n) is 7.33. The Kier molecular flexibility index (Phi) is 7.61. The number of hydrogen-bond acceptors (Lipinski definition) is 5. The maximum absolute atomic E-state index is 13.2. The molecule has 9 heteroatoms. The number of piperidine rings is 1. The van der Waals surface area contributed by atoms with Gasteiger partial charge in [0.25, 0.3) is 0 Å². The number of nitrogens with zero attached hydrogens (tertiary/aromatic N) is 4. The Morgan fingerprint density at radius 1 is 1.19 bits per heavy atom. The molecule has 1 aliphatic rings. The van der Waals surface area contributed by atoms with E-state index in [2.05, 4.69) is 25.8 Å². The molecule has 37 heavy (non-hydrogen) atoms. The lowest BCUT2D eigenvalue weighted by Gasteiger charge is -2.37. The van der Waals surface area contributed by atoms with Gasteiger partial charge in [0.2, 0.25) is 5.95 Å². The number of likely N-dealkylation sites (tertiary alicyclic amines) is 1. The van der Waals surface area contributed by atoms with Gasteiger partial charge in [-0.3, -0.25) is 0 Å². The molecule has 2 atom stereocenters. The van der Waals surface area contributed by atoms with E-state index < -0.39 is 6.09 Å². The van der Waals surface area contributed by atoms with Crippen LogP contribution in [0.1, 0.15) is 57.7 Å². The van der Waals surface area contributed by atoms with Crippen molar-refractivity contribution in [1.29, 1.82) is 0 Å². The fourth-order valence-corrected chi connectivity index (χ4v) is 4.81. The summed E-state index contributed by atoms with van der Waals surface area (Å²) in [6.45, 7) is 9.84. The van der Waals surface area contributed by atoms with Gasteiger partial charge in [-0.25, -0.2) is 14.6 Å². The Hall–Kier alpha value is -3.75. The van der Waals surface area contributed by atoms with Crippen LogP contribution in [0.25, 0.3) is 11.0 Å². The molecule has 0 radical (unpaired) electrons. The lowest BCUT2D eigenvalue weighted by Crippen LogP contribution is -2.45. The second-order valence-corrected chi connectivity index (χ2v) is 10.9. The first kappa shape index (κ1) is 26.3. The zero-order valence-electron chi connectivity index (χ0n) is 22.1. The number of anilines is 1. The number of aromatic nitrogens is 2. The summed E-state index contributed by atoms with van der Waals surface area (Å²) in [5.41, 5.74) is 9.59. The molecule has 9 nitrogen and oxygen atoms in total. The first-order valence-electron chi connectivity index (χ1n) is 12.8. The third-order valence-corrected chi connectivity index (χ3v) is 7.33. The van der Waals surface area contributed by atoms with Crippen LogP contribution in [0, 0.1) is 5.41 Å². The summed E-state index contributed by atoms with van der Waals surface area (Å²) in [6, 6.07) is 15.4. The summed E-state index contributed by atoms with van der Waals surface area (Å²) >= 11 is 0. The number of rotatable bonds is 6. The number of nitrogens with two attached hydrogens (primary N) is 1. The monoisotopic (exact) mass is 507 g/mol. The second kappa shape index (κ2) is 10.7. The fraction of sp³-hybridized carbons (Fsp3) is 0.464. The summed E-state index contributed by atoms with van der Waals surface area (Å²) in [7, 11) is 0. The summed E-state index contributed by atoms with van der Waals surface area (Å²) < 4.78 is 7.64. The highest BCUT2D eigenvalue weighted by atomic mass is 16.6. The summed E-state index contributed by atoms with van der Waals surface area (Å²) in [5, 5.41) is 9.43. The number of fused-ring (bicyclic) bond motifs is 1. The van der Waals surface area contributed by atoms with Crippen molar-refractivity contribution in [3.63, 3.8) is 0 Å². The molecule has 0 aliphatic carbocycles. The lowest BCUT2D eigenvalue weighted by molar-refractivity contribution is 0.0540. The predicted octanol–water partition coefficient (Wildman–Crippen LogP) is 5.51. The standard InChI is InChI=1S/C28H37N5O4/c1-19(28(2,3)4)32(27(36)37-18-20-9-6-5-7-10-20)16-21-12-13-24-23(15-21)30-25(29)33(24)22-11-8-14-31(17-22)26(34)35/h5-7,9-10,12-13,15,19,22H,8,11,14,16-18H2,1-4H3,(H2,29,30)(H,34,35)/t19-,22?/m0/s1. The highest BCUT2D eigenvalue weighted by molar-refractivity contribution is 5.79. The summed E-state index contributed by atoms with van der Waals surface area (Å²) in [5.74, 6) is 0.367. The van der Waals surface area contributed by atoms with Gasteiger partial charge in [-0.05, 0) is 48.4 Å². The van der Waals surface area contributed by atoms with Crippen LogP contribution in [0.4, 0.5) is 15.5 Å². The van der Waals surface area contributed by atoms with E-state index in [1.165, 1.54) is 4.90 Å². The normalized spacial score (nSPS) is 17.0. The molecule has 0 bridgehead atoms. The molecule has 2 amide bonds. The average Bonchev–Trinajstić information content (AvgIpc) is 3.20. The summed E-state index contributed by atoms with van der Waals surface area (Å²) in [4.78, 5) is 32.5. The molecule has 0 spiro atoms. The minimum atomic E-state index is -0.915. The van der Waals surface area contributed by atoms with E-state index in [0.29, 0.717) is 25.6 Å². The number of imidazole rings is 1. The van der Waals surface area contributed by atoms with E-state index in [4.69, 9.17) is 10.5 Å². The SMILES string of the molecule is C[C@H](N(Cc1ccc2c(c1)nc(N)n2C1CCCN(C(=O)O)C1)C(=O)OCc1ccccc1)C(C)(C)C. The minimum Gasteiger partial charge on any atom is -0.465 e. The Balaban J connectivity index is 1.56. The van der Waals surface area contributed by atoms with Crippen LogP contribution in [-0.4, -0.2) is 55.8 Å². The van der Waals surface area contributed by atoms with Crippen LogP contribution >= 0.6 is 0 Å². The third kappa shape index (κ3) is 5.98. The first-order valence-corrected chi connectivity index (χ1v) is 12.8. The minimum absolute atomic E-state index is 0.0638. The molecule has 3 aromatic rings. The fourth-order valence-electron chi connectivity index (χ4n) is 4.81. The number of ether oxygens (including phenoxy) is 1. The number of carbonyl (C=O) groups is 2. The maximum Gasteiger partial charge on any atom is 0.410 e. The predicted molar refractivity (Wildman–Crippen MR) is 143 cm³/mol. The van der Waals surface area contributed by atoms with Crippen LogP contribution in [0.5, 0.6) is 0 Å². The number of carboxylic acid groups (broad SMARTS) is 1. The van der Waals surface area contributed by atoms with Crippen molar-refractivity contribution >= 4 is 29.2 Å². The average molecular weight is 508 g/mol. The van der Waals surface area contributed by atoms with Gasteiger partial charge in [-0.15, -0.1) is 0 Å². The van der Waals surface area contributed by atoms with Crippen molar-refractivity contribution in [3.8, 4) is 0 Å². The van der Waals surface area contributed by atoms with Gasteiger partial charge >= 0.3 is 12.2 Å². The van der Waals surface area contributed by atoms with Gasteiger partial charge in [0.05, 0.1) is 17.1 Å². The zero-order valence-corrected chi connectivity index (χ0v) is 22.1. The lowest BCUT2D eigenvalue weighted by atomic mass is 9.87. The molecule has 0 saturated carbocycles. The van der Waals surface area contributed by atoms with Gasteiger partial charge in [0.1, 0.15) is 6.61 Å². The highest BCUT2D eigenvalue weighted by Gasteiger charge is 2.31. The van der Waals surface area contributed by atoms with Crippen molar-refractivity contribution < 1.29 is 19.4 Å². The maximum atomic E-state index is 13.2.